The van der Waals surface area contributed by atoms with Crippen molar-refractivity contribution in [2.75, 3.05) is 27.5 Å². The van der Waals surface area contributed by atoms with Gasteiger partial charge in [-0.05, 0) is 88.1 Å². The molecular formula is C36H54BF4O2P2Rh-. The molecule has 0 amide bonds. The number of methoxy groups -OCH3 is 2. The van der Waals surface area contributed by atoms with Crippen LogP contribution in [0.25, 0.3) is 0 Å². The van der Waals surface area contributed by atoms with Gasteiger partial charge in [-0.25, -0.2) is 0 Å². The summed E-state index contributed by atoms with van der Waals surface area (Å²) in [7, 11) is -2.53. The van der Waals surface area contributed by atoms with Gasteiger partial charge in [0.05, 0.1) is 14.2 Å². The predicted octanol–water partition coefficient (Wildman–Crippen LogP) is 11.5. The van der Waals surface area contributed by atoms with Gasteiger partial charge in [-0.1, -0.05) is 115 Å². The Labute approximate surface area is 291 Å². The Bertz CT molecular complexity index is 1020. The van der Waals surface area contributed by atoms with Crippen LogP contribution in [0.1, 0.15) is 89.9 Å². The first-order valence-electron chi connectivity index (χ1n) is 16.5. The minimum Gasteiger partial charge on any atom is -0.496 e. The van der Waals surface area contributed by atoms with Gasteiger partial charge < -0.3 is 26.7 Å². The van der Waals surface area contributed by atoms with E-state index in [1.165, 1.54) is 101 Å². The third-order valence-electron chi connectivity index (χ3n) is 8.51. The molecule has 0 heterocycles. The fraction of sp³-hybridized carbons (Fsp3) is 0.556. The summed E-state index contributed by atoms with van der Waals surface area (Å²) in [4.78, 5) is 0. The molecule has 2 aromatic rings. The summed E-state index contributed by atoms with van der Waals surface area (Å²) in [5, 5.41) is 2.90. The van der Waals surface area contributed by atoms with E-state index in [9.17, 15) is 17.3 Å². The van der Waals surface area contributed by atoms with Crippen molar-refractivity contribution in [3.63, 3.8) is 0 Å². The molecule has 2 atom stereocenters. The van der Waals surface area contributed by atoms with Gasteiger partial charge in [-0.2, -0.15) is 0 Å². The number of para-hydroxylation sites is 2. The SMILES string of the molecule is C1=CCC/C=C\CC1.COc1ccccc1P(C)C1CCCCC1.COc1ccccc1P(C)C1CCCCC1.F[B-](F)(F)F.[Rh]. The van der Waals surface area contributed by atoms with Crippen molar-refractivity contribution in [1.29, 1.82) is 0 Å². The van der Waals surface area contributed by atoms with E-state index in [1.54, 1.807) is 14.2 Å². The van der Waals surface area contributed by atoms with Gasteiger partial charge in [0, 0.05) is 30.1 Å². The number of rotatable bonds is 6. The van der Waals surface area contributed by atoms with Gasteiger partial charge in [0.15, 0.2) is 0 Å². The summed E-state index contributed by atoms with van der Waals surface area (Å²) in [6.45, 7) is 4.84. The first kappa shape index (κ1) is 42.8. The zero-order chi connectivity index (χ0) is 32.9. The summed E-state index contributed by atoms with van der Waals surface area (Å²) < 4.78 is 49.9. The van der Waals surface area contributed by atoms with E-state index in [4.69, 9.17) is 9.47 Å². The Kier molecular flexibility index (Phi) is 23.1. The van der Waals surface area contributed by atoms with Crippen molar-refractivity contribution < 1.29 is 46.2 Å². The van der Waals surface area contributed by atoms with E-state index in [0.29, 0.717) is 0 Å². The molecule has 0 aromatic heterocycles. The monoisotopic (exact) mass is 770 g/mol. The molecule has 46 heavy (non-hydrogen) atoms. The Morgan fingerprint density at radius 3 is 1.11 bits per heavy atom. The van der Waals surface area contributed by atoms with Crippen LogP contribution in [0.3, 0.4) is 0 Å². The predicted molar refractivity (Wildman–Crippen MR) is 192 cm³/mol. The van der Waals surface area contributed by atoms with E-state index in [2.05, 4.69) is 86.2 Å². The fourth-order valence-corrected chi connectivity index (χ4v) is 10.8. The first-order valence-corrected chi connectivity index (χ1v) is 20.3. The van der Waals surface area contributed by atoms with Gasteiger partial charge in [-0.15, -0.1) is 0 Å². The number of hydrogen-bond acceptors (Lipinski definition) is 2. The molecule has 2 nitrogen and oxygen atoms in total. The van der Waals surface area contributed by atoms with Crippen molar-refractivity contribution in [1.82, 2.24) is 0 Å². The second-order valence-corrected chi connectivity index (χ2v) is 16.6. The minimum absolute atomic E-state index is 0. The molecule has 3 aliphatic carbocycles. The van der Waals surface area contributed by atoms with Crippen LogP contribution in [0.5, 0.6) is 11.5 Å². The van der Waals surface area contributed by atoms with Gasteiger partial charge >= 0.3 is 7.25 Å². The van der Waals surface area contributed by atoms with E-state index >= 15 is 0 Å². The van der Waals surface area contributed by atoms with E-state index in [-0.39, 0.29) is 35.3 Å². The number of benzene rings is 2. The zero-order valence-corrected chi connectivity index (χ0v) is 31.5. The Morgan fingerprint density at radius 1 is 0.543 bits per heavy atom. The van der Waals surface area contributed by atoms with Crippen molar-refractivity contribution >= 4 is 33.7 Å². The molecule has 0 aliphatic heterocycles. The second-order valence-electron chi connectivity index (χ2n) is 11.7. The zero-order valence-electron chi connectivity index (χ0n) is 28.1. The maximum absolute atomic E-state index is 9.75. The fourth-order valence-electron chi connectivity index (χ4n) is 6.03. The standard InChI is InChI=1S/2C14H21OP.C8H12.BF4.Rh/c2*1-15-13-10-6-7-11-14(13)16(2)12-8-4-3-5-9-12;1-2-4-6-8-7-5-3-1;2-1(3,4)5;/h2*6-7,10-12H,3-5,8-9H2,1-2H3;1-2,7-8H,3-6H2;;/q;;;-1;/b;;2-1-,8-7?;;. The van der Waals surface area contributed by atoms with Gasteiger partial charge in [0.2, 0.25) is 0 Å². The maximum Gasteiger partial charge on any atom is 0.673 e. The van der Waals surface area contributed by atoms with Crippen LogP contribution >= 0.6 is 15.8 Å². The summed E-state index contributed by atoms with van der Waals surface area (Å²) in [6.07, 6.45) is 28.2. The summed E-state index contributed by atoms with van der Waals surface area (Å²) in [6, 6.07) is 17.1. The summed E-state index contributed by atoms with van der Waals surface area (Å²) >= 11 is 0. The third-order valence-corrected chi connectivity index (χ3v) is 14.0. The molecular weight excluding hydrogens is 716 g/mol. The molecule has 5 rings (SSSR count). The third kappa shape index (κ3) is 17.8. The quantitative estimate of drug-likeness (QED) is 0.126. The molecule has 0 N–H and O–H groups in total. The molecule has 0 bridgehead atoms. The smallest absolute Gasteiger partial charge is 0.496 e. The molecule has 261 valence electrons. The Hall–Kier alpha value is -1.21. The van der Waals surface area contributed by atoms with Crippen LogP contribution in [0.15, 0.2) is 72.8 Å². The van der Waals surface area contributed by atoms with Crippen LogP contribution in [-0.2, 0) is 19.5 Å². The topological polar surface area (TPSA) is 18.5 Å². The van der Waals surface area contributed by atoms with Gasteiger partial charge in [0.1, 0.15) is 11.5 Å². The normalized spacial score (nSPS) is 19.0. The molecule has 3 aliphatic rings. The van der Waals surface area contributed by atoms with E-state index in [1.807, 2.05) is 0 Å². The van der Waals surface area contributed by atoms with Crippen molar-refractivity contribution in [2.45, 2.75) is 101 Å². The van der Waals surface area contributed by atoms with Gasteiger partial charge in [0.25, 0.3) is 0 Å². The van der Waals surface area contributed by atoms with E-state index < -0.39 is 7.25 Å². The number of halogens is 4. The summed E-state index contributed by atoms with van der Waals surface area (Å²) in [5.41, 5.74) is 1.83. The van der Waals surface area contributed by atoms with E-state index in [0.717, 1.165) is 22.8 Å². The van der Waals surface area contributed by atoms with Crippen LogP contribution in [0, 0.1) is 0 Å². The average Bonchev–Trinajstić information content (AvgIpc) is 3.04. The molecule has 2 unspecified atom stereocenters. The van der Waals surface area contributed by atoms with Crippen LogP contribution < -0.4 is 20.1 Å². The number of hydrogen-bond donors (Lipinski definition) is 0. The van der Waals surface area contributed by atoms with Crippen molar-refractivity contribution in [3.8, 4) is 11.5 Å². The molecule has 1 radical (unpaired) electrons. The molecule has 2 aromatic carbocycles. The first-order chi connectivity index (χ1) is 21.7. The average molecular weight is 770 g/mol. The van der Waals surface area contributed by atoms with Crippen molar-refractivity contribution in [2.24, 2.45) is 0 Å². The summed E-state index contributed by atoms with van der Waals surface area (Å²) in [5.74, 6) is 2.17. The number of ether oxygens (including phenoxy) is 2. The number of allylic oxidation sites excluding steroid dienone is 4. The Morgan fingerprint density at radius 2 is 0.826 bits per heavy atom. The molecule has 2 saturated carbocycles. The van der Waals surface area contributed by atoms with Crippen molar-refractivity contribution in [3.05, 3.63) is 72.8 Å². The minimum atomic E-state index is -6.00. The van der Waals surface area contributed by atoms with Gasteiger partial charge in [-0.3, -0.25) is 0 Å². The van der Waals surface area contributed by atoms with Crippen LogP contribution in [-0.4, -0.2) is 46.1 Å². The van der Waals surface area contributed by atoms with Crippen LogP contribution in [0.2, 0.25) is 0 Å². The molecule has 10 heteroatoms. The molecule has 0 saturated heterocycles. The Balaban J connectivity index is 0.000000332. The maximum atomic E-state index is 9.75. The van der Waals surface area contributed by atoms with Crippen LogP contribution in [0.4, 0.5) is 17.3 Å². The second kappa shape index (κ2) is 24.9. The molecule has 0 spiro atoms. The molecule has 2 fully saturated rings. The largest absolute Gasteiger partial charge is 0.673 e.